The minimum Gasteiger partial charge on any atom is -0.484 e. The summed E-state index contributed by atoms with van der Waals surface area (Å²) in [7, 11) is 0. The molecule has 0 aliphatic carbocycles. The molecule has 0 saturated heterocycles. The van der Waals surface area contributed by atoms with Gasteiger partial charge in [-0.1, -0.05) is 43.3 Å². The zero-order valence-electron chi connectivity index (χ0n) is 17.2. The van der Waals surface area contributed by atoms with Crippen LogP contribution in [0.15, 0.2) is 48.5 Å². The third-order valence-electron chi connectivity index (χ3n) is 4.81. The Morgan fingerprint density at radius 1 is 1.07 bits per heavy atom. The second kappa shape index (κ2) is 10.5. The van der Waals surface area contributed by atoms with Gasteiger partial charge in [-0.15, -0.1) is 0 Å². The minimum atomic E-state index is -0.585. The lowest BCUT2D eigenvalue weighted by Gasteiger charge is -2.29. The number of likely N-dealkylation sites (N-methyl/N-ethyl adjacent to an activating group) is 1. The number of ether oxygens (including phenoxy) is 1. The first-order valence-electron chi connectivity index (χ1n) is 9.79. The van der Waals surface area contributed by atoms with Crippen molar-refractivity contribution in [1.82, 2.24) is 10.2 Å². The number of carbonyl (C=O) groups is 2. The van der Waals surface area contributed by atoms with E-state index in [9.17, 15) is 9.59 Å². The van der Waals surface area contributed by atoms with Gasteiger partial charge in [0.1, 0.15) is 11.8 Å². The highest BCUT2D eigenvalue weighted by molar-refractivity contribution is 5.87. The number of rotatable bonds is 9. The van der Waals surface area contributed by atoms with Crippen LogP contribution in [0.5, 0.6) is 5.75 Å². The zero-order valence-corrected chi connectivity index (χ0v) is 17.2. The van der Waals surface area contributed by atoms with Gasteiger partial charge in [-0.3, -0.25) is 9.59 Å². The number of benzene rings is 2. The van der Waals surface area contributed by atoms with Crippen molar-refractivity contribution in [2.45, 2.75) is 46.7 Å². The normalized spacial score (nSPS) is 11.6. The Balaban J connectivity index is 2.12. The molecule has 0 fully saturated rings. The van der Waals surface area contributed by atoms with Crippen LogP contribution < -0.4 is 10.1 Å². The van der Waals surface area contributed by atoms with Gasteiger partial charge in [0.15, 0.2) is 6.61 Å². The SMILES string of the molecule is CCNC(=O)[C@H](C)N(Cc1ccccc1C)C(=O)COc1ccc(CC)cc1. The predicted octanol–water partition coefficient (Wildman–Crippen LogP) is 3.49. The van der Waals surface area contributed by atoms with Crippen LogP contribution >= 0.6 is 0 Å². The molecule has 0 bridgehead atoms. The van der Waals surface area contributed by atoms with E-state index in [2.05, 4.69) is 12.2 Å². The second-order valence-corrected chi connectivity index (χ2v) is 6.80. The van der Waals surface area contributed by atoms with Crippen molar-refractivity contribution in [3.63, 3.8) is 0 Å². The molecule has 150 valence electrons. The molecule has 0 heterocycles. The molecule has 0 aliphatic heterocycles. The summed E-state index contributed by atoms with van der Waals surface area (Å²) in [5, 5.41) is 2.79. The molecule has 2 aromatic carbocycles. The van der Waals surface area contributed by atoms with Crippen molar-refractivity contribution >= 4 is 11.8 Å². The molecule has 0 radical (unpaired) electrons. The molecule has 0 aliphatic rings. The fourth-order valence-corrected chi connectivity index (χ4v) is 2.92. The van der Waals surface area contributed by atoms with E-state index >= 15 is 0 Å². The van der Waals surface area contributed by atoms with Gasteiger partial charge in [0.25, 0.3) is 5.91 Å². The highest BCUT2D eigenvalue weighted by atomic mass is 16.5. The molecule has 5 nitrogen and oxygen atoms in total. The molecular weight excluding hydrogens is 352 g/mol. The Morgan fingerprint density at radius 3 is 2.36 bits per heavy atom. The summed E-state index contributed by atoms with van der Waals surface area (Å²) < 4.78 is 5.68. The number of hydrogen-bond acceptors (Lipinski definition) is 3. The first-order chi connectivity index (χ1) is 13.5. The van der Waals surface area contributed by atoms with Crippen LogP contribution in [-0.4, -0.2) is 35.9 Å². The van der Waals surface area contributed by atoms with Gasteiger partial charge in [0, 0.05) is 13.1 Å². The quantitative estimate of drug-likeness (QED) is 0.722. The van der Waals surface area contributed by atoms with E-state index in [4.69, 9.17) is 4.74 Å². The largest absolute Gasteiger partial charge is 0.484 e. The number of nitrogens with one attached hydrogen (secondary N) is 1. The summed E-state index contributed by atoms with van der Waals surface area (Å²) in [4.78, 5) is 26.9. The van der Waals surface area contributed by atoms with Crippen molar-refractivity contribution in [2.75, 3.05) is 13.2 Å². The fraction of sp³-hybridized carbons (Fsp3) is 0.391. The highest BCUT2D eigenvalue weighted by Crippen LogP contribution is 2.16. The van der Waals surface area contributed by atoms with E-state index < -0.39 is 6.04 Å². The second-order valence-electron chi connectivity index (χ2n) is 6.80. The van der Waals surface area contributed by atoms with E-state index in [1.807, 2.05) is 62.4 Å². The van der Waals surface area contributed by atoms with Crippen LogP contribution in [0.1, 0.15) is 37.5 Å². The van der Waals surface area contributed by atoms with Crippen LogP contribution in [0.3, 0.4) is 0 Å². The van der Waals surface area contributed by atoms with Gasteiger partial charge >= 0.3 is 0 Å². The third kappa shape index (κ3) is 5.84. The molecule has 2 rings (SSSR count). The lowest BCUT2D eigenvalue weighted by Crippen LogP contribution is -2.49. The van der Waals surface area contributed by atoms with Crippen LogP contribution in [0.4, 0.5) is 0 Å². The predicted molar refractivity (Wildman–Crippen MR) is 111 cm³/mol. The molecule has 1 N–H and O–H groups in total. The number of aryl methyl sites for hydroxylation is 2. The van der Waals surface area contributed by atoms with Crippen molar-refractivity contribution in [3.8, 4) is 5.75 Å². The Kier molecular flexibility index (Phi) is 8.05. The third-order valence-corrected chi connectivity index (χ3v) is 4.81. The van der Waals surface area contributed by atoms with Crippen LogP contribution in [-0.2, 0) is 22.6 Å². The Hall–Kier alpha value is -2.82. The molecule has 2 aromatic rings. The van der Waals surface area contributed by atoms with Gasteiger partial charge < -0.3 is 15.0 Å². The van der Waals surface area contributed by atoms with Gasteiger partial charge in [-0.25, -0.2) is 0 Å². The Labute approximate surface area is 167 Å². The van der Waals surface area contributed by atoms with Crippen LogP contribution in [0.2, 0.25) is 0 Å². The van der Waals surface area contributed by atoms with Gasteiger partial charge in [0.05, 0.1) is 0 Å². The summed E-state index contributed by atoms with van der Waals surface area (Å²) in [5.41, 5.74) is 3.31. The summed E-state index contributed by atoms with van der Waals surface area (Å²) in [6, 6.07) is 15.0. The maximum atomic E-state index is 12.9. The molecule has 0 saturated carbocycles. The van der Waals surface area contributed by atoms with Gasteiger partial charge in [-0.2, -0.15) is 0 Å². The first kappa shape index (κ1) is 21.5. The zero-order chi connectivity index (χ0) is 20.5. The average molecular weight is 383 g/mol. The molecule has 28 heavy (non-hydrogen) atoms. The topological polar surface area (TPSA) is 58.6 Å². The van der Waals surface area contributed by atoms with E-state index in [1.165, 1.54) is 5.56 Å². The van der Waals surface area contributed by atoms with Crippen molar-refractivity contribution in [2.24, 2.45) is 0 Å². The van der Waals surface area contributed by atoms with Crippen molar-refractivity contribution < 1.29 is 14.3 Å². The first-order valence-corrected chi connectivity index (χ1v) is 9.79. The molecule has 5 heteroatoms. The van der Waals surface area contributed by atoms with Crippen molar-refractivity contribution in [1.29, 1.82) is 0 Å². The average Bonchev–Trinajstić information content (AvgIpc) is 2.71. The molecule has 1 atom stereocenters. The summed E-state index contributed by atoms with van der Waals surface area (Å²) in [5.74, 6) is 0.255. The van der Waals surface area contributed by atoms with Gasteiger partial charge in [-0.05, 0) is 56.0 Å². The van der Waals surface area contributed by atoms with E-state index in [0.29, 0.717) is 18.8 Å². The monoisotopic (exact) mass is 382 g/mol. The summed E-state index contributed by atoms with van der Waals surface area (Å²) in [6.45, 7) is 8.48. The van der Waals surface area contributed by atoms with E-state index in [1.54, 1.807) is 11.8 Å². The number of amides is 2. The summed E-state index contributed by atoms with van der Waals surface area (Å²) in [6.07, 6.45) is 0.952. The Bertz CT molecular complexity index is 787. The number of nitrogens with zero attached hydrogens (tertiary/aromatic N) is 1. The molecule has 2 amide bonds. The number of hydrogen-bond donors (Lipinski definition) is 1. The summed E-state index contributed by atoms with van der Waals surface area (Å²) >= 11 is 0. The van der Waals surface area contributed by atoms with E-state index in [0.717, 1.165) is 17.5 Å². The molecule has 0 unspecified atom stereocenters. The Morgan fingerprint density at radius 2 is 1.75 bits per heavy atom. The smallest absolute Gasteiger partial charge is 0.261 e. The molecule has 0 aromatic heterocycles. The number of carbonyl (C=O) groups excluding carboxylic acids is 2. The van der Waals surface area contributed by atoms with E-state index in [-0.39, 0.29) is 18.4 Å². The van der Waals surface area contributed by atoms with Gasteiger partial charge in [0.2, 0.25) is 5.91 Å². The standard InChI is InChI=1S/C23H30N2O3/c1-5-19-11-13-21(14-12-19)28-16-22(26)25(18(4)23(27)24-6-2)15-20-10-8-7-9-17(20)3/h7-14,18H,5-6,15-16H2,1-4H3,(H,24,27)/t18-/m0/s1. The molecule has 0 spiro atoms. The maximum absolute atomic E-state index is 12.9. The lowest BCUT2D eigenvalue weighted by atomic mass is 10.1. The molecular formula is C23H30N2O3. The maximum Gasteiger partial charge on any atom is 0.261 e. The van der Waals surface area contributed by atoms with Crippen molar-refractivity contribution in [3.05, 3.63) is 65.2 Å². The highest BCUT2D eigenvalue weighted by Gasteiger charge is 2.26. The van der Waals surface area contributed by atoms with Crippen LogP contribution in [0, 0.1) is 6.92 Å². The fourth-order valence-electron chi connectivity index (χ4n) is 2.92. The van der Waals surface area contributed by atoms with Crippen LogP contribution in [0.25, 0.3) is 0 Å². The lowest BCUT2D eigenvalue weighted by molar-refractivity contribution is -0.142. The minimum absolute atomic E-state index is 0.110.